The van der Waals surface area contributed by atoms with E-state index < -0.39 is 6.04 Å². The number of carbonyl (C=O) groups is 2. The van der Waals surface area contributed by atoms with E-state index in [4.69, 9.17) is 0 Å². The molecule has 96 valence electrons. The molecule has 1 atom stereocenters. The number of likely N-dealkylation sites (N-methyl/N-ethyl adjacent to an activating group) is 1. The van der Waals surface area contributed by atoms with Crippen LogP contribution < -0.4 is 10.6 Å². The summed E-state index contributed by atoms with van der Waals surface area (Å²) in [7, 11) is 1.59. The zero-order valence-electron chi connectivity index (χ0n) is 10.3. The molecule has 2 rings (SSSR count). The summed E-state index contributed by atoms with van der Waals surface area (Å²) >= 11 is 0. The molecule has 2 amide bonds. The summed E-state index contributed by atoms with van der Waals surface area (Å²) in [5, 5.41) is 5.73. The van der Waals surface area contributed by atoms with E-state index >= 15 is 0 Å². The van der Waals surface area contributed by atoms with E-state index in [-0.39, 0.29) is 11.8 Å². The number of piperazine rings is 1. The van der Waals surface area contributed by atoms with Gasteiger partial charge in [-0.1, -0.05) is 18.2 Å². The Morgan fingerprint density at radius 1 is 1.33 bits per heavy atom. The van der Waals surface area contributed by atoms with Gasteiger partial charge >= 0.3 is 0 Å². The van der Waals surface area contributed by atoms with Gasteiger partial charge < -0.3 is 15.5 Å². The molecule has 1 unspecified atom stereocenters. The fraction of sp³-hybridized carbons (Fsp3) is 0.385. The molecule has 0 aromatic heterocycles. The van der Waals surface area contributed by atoms with Crippen molar-refractivity contribution in [1.29, 1.82) is 0 Å². The number of rotatable bonds is 2. The molecule has 5 nitrogen and oxygen atoms in total. The molecule has 18 heavy (non-hydrogen) atoms. The zero-order chi connectivity index (χ0) is 13.0. The molecular formula is C13H17N3O2. The van der Waals surface area contributed by atoms with Gasteiger partial charge in [-0.3, -0.25) is 9.59 Å². The molecule has 1 aliphatic heterocycles. The van der Waals surface area contributed by atoms with Crippen molar-refractivity contribution < 1.29 is 9.59 Å². The molecule has 2 N–H and O–H groups in total. The van der Waals surface area contributed by atoms with Gasteiger partial charge in [0.25, 0.3) is 5.91 Å². The van der Waals surface area contributed by atoms with E-state index in [2.05, 4.69) is 10.6 Å². The summed E-state index contributed by atoms with van der Waals surface area (Å²) < 4.78 is 0. The van der Waals surface area contributed by atoms with Crippen LogP contribution in [0.5, 0.6) is 0 Å². The molecule has 1 aromatic rings. The monoisotopic (exact) mass is 247 g/mol. The number of amides is 2. The number of carbonyl (C=O) groups excluding carboxylic acids is 2. The highest BCUT2D eigenvalue weighted by atomic mass is 16.2. The average Bonchev–Trinajstić information content (AvgIpc) is 2.46. The lowest BCUT2D eigenvalue weighted by atomic mass is 10.1. The van der Waals surface area contributed by atoms with Crippen molar-refractivity contribution in [3.05, 3.63) is 35.9 Å². The fourth-order valence-electron chi connectivity index (χ4n) is 2.09. The third-order valence-corrected chi connectivity index (χ3v) is 3.07. The summed E-state index contributed by atoms with van der Waals surface area (Å²) in [6.07, 6.45) is 0. The van der Waals surface area contributed by atoms with Crippen molar-refractivity contribution in [2.45, 2.75) is 6.04 Å². The predicted molar refractivity (Wildman–Crippen MR) is 68.2 cm³/mol. The van der Waals surface area contributed by atoms with E-state index in [0.29, 0.717) is 25.2 Å². The smallest absolute Gasteiger partial charge is 0.254 e. The van der Waals surface area contributed by atoms with E-state index in [0.717, 1.165) is 0 Å². The Labute approximate surface area is 106 Å². The molecule has 0 spiro atoms. The Morgan fingerprint density at radius 3 is 2.72 bits per heavy atom. The first-order valence-electron chi connectivity index (χ1n) is 6.02. The molecule has 0 radical (unpaired) electrons. The van der Waals surface area contributed by atoms with Crippen molar-refractivity contribution in [3.63, 3.8) is 0 Å². The van der Waals surface area contributed by atoms with Crippen LogP contribution in [0.1, 0.15) is 10.4 Å². The Bertz CT molecular complexity index is 433. The SMILES string of the molecule is CNC(=O)C1CNCCN1C(=O)c1ccccc1. The van der Waals surface area contributed by atoms with E-state index in [9.17, 15) is 9.59 Å². The van der Waals surface area contributed by atoms with Crippen LogP contribution in [0.25, 0.3) is 0 Å². The first-order chi connectivity index (χ1) is 8.74. The number of benzene rings is 1. The summed E-state index contributed by atoms with van der Waals surface area (Å²) in [6.45, 7) is 1.76. The second-order valence-corrected chi connectivity index (χ2v) is 4.20. The Morgan fingerprint density at radius 2 is 2.06 bits per heavy atom. The minimum absolute atomic E-state index is 0.0919. The van der Waals surface area contributed by atoms with Crippen molar-refractivity contribution >= 4 is 11.8 Å². The molecule has 0 saturated carbocycles. The van der Waals surface area contributed by atoms with Crippen LogP contribution in [-0.4, -0.2) is 49.4 Å². The van der Waals surface area contributed by atoms with Gasteiger partial charge in [0.1, 0.15) is 6.04 Å². The second-order valence-electron chi connectivity index (χ2n) is 4.20. The van der Waals surface area contributed by atoms with Crippen LogP contribution in [0.4, 0.5) is 0 Å². The number of nitrogens with one attached hydrogen (secondary N) is 2. The van der Waals surface area contributed by atoms with Crippen molar-refractivity contribution in [1.82, 2.24) is 15.5 Å². The van der Waals surface area contributed by atoms with Gasteiger partial charge in [0, 0.05) is 32.2 Å². The molecule has 0 bridgehead atoms. The van der Waals surface area contributed by atoms with E-state index in [1.54, 1.807) is 24.1 Å². The first kappa shape index (κ1) is 12.6. The highest BCUT2D eigenvalue weighted by Gasteiger charge is 2.31. The lowest BCUT2D eigenvalue weighted by Gasteiger charge is -2.34. The minimum atomic E-state index is -0.434. The van der Waals surface area contributed by atoms with Gasteiger partial charge in [0.2, 0.25) is 5.91 Å². The molecule has 1 heterocycles. The van der Waals surface area contributed by atoms with Gasteiger partial charge in [-0.25, -0.2) is 0 Å². The molecule has 0 aliphatic carbocycles. The first-order valence-corrected chi connectivity index (χ1v) is 6.02. The van der Waals surface area contributed by atoms with Gasteiger partial charge in [-0.15, -0.1) is 0 Å². The topological polar surface area (TPSA) is 61.4 Å². The fourth-order valence-corrected chi connectivity index (χ4v) is 2.09. The van der Waals surface area contributed by atoms with Gasteiger partial charge in [-0.2, -0.15) is 0 Å². The molecule has 1 aliphatic rings. The van der Waals surface area contributed by atoms with Crippen LogP contribution in [0.2, 0.25) is 0 Å². The van der Waals surface area contributed by atoms with Gasteiger partial charge in [0.15, 0.2) is 0 Å². The summed E-state index contributed by atoms with van der Waals surface area (Å²) in [6, 6.07) is 8.62. The lowest BCUT2D eigenvalue weighted by Crippen LogP contribution is -2.59. The highest BCUT2D eigenvalue weighted by Crippen LogP contribution is 2.10. The van der Waals surface area contributed by atoms with Gasteiger partial charge in [-0.05, 0) is 12.1 Å². The molecule has 1 saturated heterocycles. The van der Waals surface area contributed by atoms with Crippen LogP contribution in [0, 0.1) is 0 Å². The summed E-state index contributed by atoms with van der Waals surface area (Å²) in [5.41, 5.74) is 0.619. The van der Waals surface area contributed by atoms with Crippen LogP contribution >= 0.6 is 0 Å². The van der Waals surface area contributed by atoms with Crippen molar-refractivity contribution in [3.8, 4) is 0 Å². The normalized spacial score (nSPS) is 19.4. The Balaban J connectivity index is 2.19. The largest absolute Gasteiger partial charge is 0.357 e. The maximum absolute atomic E-state index is 12.3. The maximum Gasteiger partial charge on any atom is 0.254 e. The van der Waals surface area contributed by atoms with Crippen LogP contribution in [0.3, 0.4) is 0 Å². The average molecular weight is 247 g/mol. The Hall–Kier alpha value is -1.88. The molecule has 5 heteroatoms. The standard InChI is InChI=1S/C13H17N3O2/c1-14-12(17)11-9-15-7-8-16(11)13(18)10-5-3-2-4-6-10/h2-6,11,15H,7-9H2,1H3,(H,14,17). The minimum Gasteiger partial charge on any atom is -0.357 e. The lowest BCUT2D eigenvalue weighted by molar-refractivity contribution is -0.125. The van der Waals surface area contributed by atoms with Gasteiger partial charge in [0.05, 0.1) is 0 Å². The highest BCUT2D eigenvalue weighted by molar-refractivity contribution is 5.97. The van der Waals surface area contributed by atoms with Crippen LogP contribution in [-0.2, 0) is 4.79 Å². The third-order valence-electron chi connectivity index (χ3n) is 3.07. The van der Waals surface area contributed by atoms with E-state index in [1.165, 1.54) is 0 Å². The summed E-state index contributed by atoms with van der Waals surface area (Å²) in [4.78, 5) is 25.7. The Kier molecular flexibility index (Phi) is 3.94. The number of hydrogen-bond donors (Lipinski definition) is 2. The second kappa shape index (κ2) is 5.64. The number of nitrogens with zero attached hydrogens (tertiary/aromatic N) is 1. The zero-order valence-corrected chi connectivity index (χ0v) is 10.3. The molecular weight excluding hydrogens is 230 g/mol. The third kappa shape index (κ3) is 2.51. The predicted octanol–water partition coefficient (Wildman–Crippen LogP) is -0.153. The van der Waals surface area contributed by atoms with E-state index in [1.807, 2.05) is 18.2 Å². The quantitative estimate of drug-likeness (QED) is 0.764. The van der Waals surface area contributed by atoms with Crippen molar-refractivity contribution in [2.75, 3.05) is 26.7 Å². The van der Waals surface area contributed by atoms with Crippen molar-refractivity contribution in [2.24, 2.45) is 0 Å². The van der Waals surface area contributed by atoms with Crippen LogP contribution in [0.15, 0.2) is 30.3 Å². The summed E-state index contributed by atoms with van der Waals surface area (Å²) in [5.74, 6) is -0.225. The maximum atomic E-state index is 12.3. The molecule has 1 aromatic carbocycles. The molecule has 1 fully saturated rings. The number of hydrogen-bond acceptors (Lipinski definition) is 3.